The number of carbonyl (C=O) groups excluding carboxylic acids is 2. The number of nitrogens with zero attached hydrogens (tertiary/aromatic N) is 1. The maximum Gasteiger partial charge on any atom is 0.203 e. The van der Waals surface area contributed by atoms with E-state index in [9.17, 15) is 9.59 Å². The van der Waals surface area contributed by atoms with E-state index in [0.717, 1.165) is 12.1 Å². The third kappa shape index (κ3) is 1.35. The summed E-state index contributed by atoms with van der Waals surface area (Å²) in [5, 5.41) is 0. The van der Waals surface area contributed by atoms with Gasteiger partial charge in [0.25, 0.3) is 0 Å². The van der Waals surface area contributed by atoms with Crippen LogP contribution < -0.4 is 0 Å². The lowest BCUT2D eigenvalue weighted by atomic mass is 9.93. The molecule has 0 unspecified atom stereocenters. The molecular formula is C13H15NO2. The maximum atomic E-state index is 12.0. The summed E-state index contributed by atoms with van der Waals surface area (Å²) in [7, 11) is 1.84. The Labute approximate surface area is 94.8 Å². The smallest absolute Gasteiger partial charge is 0.203 e. The first-order valence-electron chi connectivity index (χ1n) is 5.58. The topological polar surface area (TPSA) is 39.1 Å². The number of allylic oxidation sites excluding steroid dienone is 2. The molecule has 0 bridgehead atoms. The number of fused-ring (bicyclic) bond motifs is 1. The van der Waals surface area contributed by atoms with Crippen molar-refractivity contribution in [3.8, 4) is 0 Å². The van der Waals surface area contributed by atoms with Crippen LogP contribution in [0.2, 0.25) is 0 Å². The van der Waals surface area contributed by atoms with E-state index in [1.165, 1.54) is 6.08 Å². The first-order valence-corrected chi connectivity index (χ1v) is 5.58. The largest absolute Gasteiger partial charge is 0.344 e. The van der Waals surface area contributed by atoms with Crippen molar-refractivity contribution in [3.05, 3.63) is 34.7 Å². The molecule has 0 aromatic carbocycles. The minimum Gasteiger partial charge on any atom is -0.344 e. The lowest BCUT2D eigenvalue weighted by Crippen LogP contribution is -2.18. The summed E-state index contributed by atoms with van der Waals surface area (Å²) in [4.78, 5) is 23.9. The van der Waals surface area contributed by atoms with Crippen LogP contribution in [-0.4, -0.2) is 16.1 Å². The van der Waals surface area contributed by atoms with Gasteiger partial charge in [-0.25, -0.2) is 0 Å². The molecule has 1 heterocycles. The van der Waals surface area contributed by atoms with Crippen molar-refractivity contribution in [2.45, 2.75) is 26.7 Å². The third-order valence-electron chi connectivity index (χ3n) is 3.15. The fourth-order valence-corrected chi connectivity index (χ4v) is 2.19. The number of hydrogen-bond donors (Lipinski definition) is 0. The van der Waals surface area contributed by atoms with E-state index in [2.05, 4.69) is 0 Å². The van der Waals surface area contributed by atoms with E-state index in [-0.39, 0.29) is 11.6 Å². The molecule has 1 aromatic heterocycles. The van der Waals surface area contributed by atoms with Crippen LogP contribution in [0.15, 0.2) is 17.7 Å². The fraction of sp³-hybridized carbons (Fsp3) is 0.385. The summed E-state index contributed by atoms with van der Waals surface area (Å²) in [5.74, 6) is -0.0407. The predicted octanol–water partition coefficient (Wildman–Crippen LogP) is 2.30. The molecule has 16 heavy (non-hydrogen) atoms. The Morgan fingerprint density at radius 2 is 1.88 bits per heavy atom. The van der Waals surface area contributed by atoms with E-state index in [0.29, 0.717) is 23.3 Å². The molecule has 1 aliphatic carbocycles. The summed E-state index contributed by atoms with van der Waals surface area (Å²) >= 11 is 0. The normalized spacial score (nSPS) is 15.1. The van der Waals surface area contributed by atoms with Crippen LogP contribution >= 0.6 is 0 Å². The van der Waals surface area contributed by atoms with E-state index < -0.39 is 0 Å². The van der Waals surface area contributed by atoms with Gasteiger partial charge in [0.05, 0.1) is 5.56 Å². The van der Waals surface area contributed by atoms with Crippen LogP contribution in [0, 0.1) is 0 Å². The number of carbonyl (C=O) groups is 2. The minimum absolute atomic E-state index is 0.00685. The van der Waals surface area contributed by atoms with Crippen LogP contribution in [0.4, 0.5) is 0 Å². The lowest BCUT2D eigenvalue weighted by Gasteiger charge is -2.11. The molecule has 1 aromatic rings. The Morgan fingerprint density at radius 1 is 1.19 bits per heavy atom. The summed E-state index contributed by atoms with van der Waals surface area (Å²) in [5.41, 5.74) is 2.76. The molecule has 0 radical (unpaired) electrons. The number of Topliss-reactive ketones (excluding diaryl/α,β-unsaturated/α-hetero) is 1. The van der Waals surface area contributed by atoms with Gasteiger partial charge >= 0.3 is 0 Å². The Morgan fingerprint density at radius 3 is 2.44 bits per heavy atom. The highest BCUT2D eigenvalue weighted by atomic mass is 16.1. The van der Waals surface area contributed by atoms with Gasteiger partial charge in [-0.1, -0.05) is 13.8 Å². The fourth-order valence-electron chi connectivity index (χ4n) is 2.19. The summed E-state index contributed by atoms with van der Waals surface area (Å²) in [6.07, 6.45) is 2.91. The van der Waals surface area contributed by atoms with Gasteiger partial charge in [-0.15, -0.1) is 0 Å². The first kappa shape index (κ1) is 10.9. The zero-order chi connectivity index (χ0) is 11.9. The molecule has 0 amide bonds. The summed E-state index contributed by atoms with van der Waals surface area (Å²) in [6.45, 7) is 3.91. The Kier molecular flexibility index (Phi) is 2.54. The molecule has 0 spiro atoms. The van der Waals surface area contributed by atoms with Crippen LogP contribution in [0.1, 0.15) is 46.8 Å². The monoisotopic (exact) mass is 217 g/mol. The number of rotatable bonds is 2. The SMILES string of the molecule is CCC1=CC(=O)c2c(cc(CC)n2C)C1=O. The van der Waals surface area contributed by atoms with Crippen molar-refractivity contribution in [3.63, 3.8) is 0 Å². The highest BCUT2D eigenvalue weighted by Gasteiger charge is 2.28. The van der Waals surface area contributed by atoms with Gasteiger partial charge in [0, 0.05) is 18.3 Å². The molecule has 0 atom stereocenters. The van der Waals surface area contributed by atoms with Gasteiger partial charge < -0.3 is 4.57 Å². The van der Waals surface area contributed by atoms with Crippen LogP contribution in [0.5, 0.6) is 0 Å². The molecule has 0 saturated heterocycles. The molecule has 2 rings (SSSR count). The predicted molar refractivity (Wildman–Crippen MR) is 61.8 cm³/mol. The molecule has 1 aliphatic rings. The highest BCUT2D eigenvalue weighted by molar-refractivity contribution is 6.24. The molecule has 84 valence electrons. The number of hydrogen-bond acceptors (Lipinski definition) is 2. The standard InChI is InChI=1S/C13H15NO2/c1-4-8-6-11(15)12-10(13(8)16)7-9(5-2)14(12)3/h6-7H,4-5H2,1-3H3. The van der Waals surface area contributed by atoms with Gasteiger partial charge in [-0.2, -0.15) is 0 Å². The van der Waals surface area contributed by atoms with Crippen molar-refractivity contribution in [2.24, 2.45) is 7.05 Å². The second kappa shape index (κ2) is 3.74. The molecular weight excluding hydrogens is 202 g/mol. The van der Waals surface area contributed by atoms with Crippen molar-refractivity contribution in [2.75, 3.05) is 0 Å². The van der Waals surface area contributed by atoms with Gasteiger partial charge in [-0.3, -0.25) is 9.59 Å². The van der Waals surface area contributed by atoms with Gasteiger partial charge in [0.2, 0.25) is 5.78 Å². The summed E-state index contributed by atoms with van der Waals surface area (Å²) in [6, 6.07) is 1.85. The van der Waals surface area contributed by atoms with Gasteiger partial charge in [0.15, 0.2) is 5.78 Å². The van der Waals surface area contributed by atoms with E-state index in [1.54, 1.807) is 0 Å². The lowest BCUT2D eigenvalue weighted by molar-refractivity contribution is 0.0977. The van der Waals surface area contributed by atoms with Crippen LogP contribution in [0.25, 0.3) is 0 Å². The molecule has 3 nitrogen and oxygen atoms in total. The molecule has 3 heteroatoms. The van der Waals surface area contributed by atoms with E-state index in [1.807, 2.05) is 31.5 Å². The molecule has 0 saturated carbocycles. The average Bonchev–Trinajstić information content (AvgIpc) is 2.61. The highest BCUT2D eigenvalue weighted by Crippen LogP contribution is 2.25. The average molecular weight is 217 g/mol. The second-order valence-corrected chi connectivity index (χ2v) is 4.03. The van der Waals surface area contributed by atoms with Crippen molar-refractivity contribution >= 4 is 11.6 Å². The minimum atomic E-state index is -0.0475. The number of ketones is 2. The Balaban J connectivity index is 2.63. The summed E-state index contributed by atoms with van der Waals surface area (Å²) < 4.78 is 1.83. The van der Waals surface area contributed by atoms with Crippen molar-refractivity contribution in [1.29, 1.82) is 0 Å². The first-order chi connectivity index (χ1) is 7.60. The molecule has 0 aliphatic heterocycles. The number of aromatic nitrogens is 1. The molecule has 0 fully saturated rings. The van der Waals surface area contributed by atoms with Gasteiger partial charge in [-0.05, 0) is 25.0 Å². The zero-order valence-electron chi connectivity index (χ0n) is 9.83. The van der Waals surface area contributed by atoms with Crippen LogP contribution in [-0.2, 0) is 13.5 Å². The maximum absolute atomic E-state index is 12.0. The van der Waals surface area contributed by atoms with E-state index in [4.69, 9.17) is 0 Å². The number of aryl methyl sites for hydroxylation is 1. The third-order valence-corrected chi connectivity index (χ3v) is 3.15. The Hall–Kier alpha value is -1.64. The van der Waals surface area contributed by atoms with Gasteiger partial charge in [0.1, 0.15) is 5.69 Å². The quantitative estimate of drug-likeness (QED) is 0.762. The van der Waals surface area contributed by atoms with E-state index >= 15 is 0 Å². The Bertz CT molecular complexity index is 506. The van der Waals surface area contributed by atoms with Crippen molar-refractivity contribution < 1.29 is 9.59 Å². The second-order valence-electron chi connectivity index (χ2n) is 4.03. The zero-order valence-corrected chi connectivity index (χ0v) is 9.83. The molecule has 0 N–H and O–H groups in total. The van der Waals surface area contributed by atoms with Crippen molar-refractivity contribution in [1.82, 2.24) is 4.57 Å². The van der Waals surface area contributed by atoms with Crippen LogP contribution in [0.3, 0.4) is 0 Å².